The van der Waals surface area contributed by atoms with Crippen molar-refractivity contribution >= 4 is 42.1 Å². The Labute approximate surface area is 166 Å². The zero-order valence-corrected chi connectivity index (χ0v) is 16.8. The van der Waals surface area contributed by atoms with Gasteiger partial charge in [-0.1, -0.05) is 12.5 Å². The number of nitrogens with zero attached hydrogens (tertiary/aromatic N) is 1. The lowest BCUT2D eigenvalue weighted by Gasteiger charge is -2.34. The quantitative estimate of drug-likeness (QED) is 0.757. The number of thiophene rings is 1. The standard InChI is InChI=1S/C17H27N3O2S.2ClH/c18-14-4-1-3-13(14)11-17(21)19-12-15(16-5-2-10-23-16)20-6-8-22-9-7-20;;/h2,5,10,13-15H,1,3-4,6-9,11-12,18H2,(H,19,21);2*1H/t13-,14+,15?;;/m0../s1. The van der Waals surface area contributed by atoms with Crippen molar-refractivity contribution in [3.8, 4) is 0 Å². The first-order chi connectivity index (χ1) is 11.2. The lowest BCUT2D eigenvalue weighted by molar-refractivity contribution is -0.122. The van der Waals surface area contributed by atoms with Crippen LogP contribution in [0.2, 0.25) is 0 Å². The van der Waals surface area contributed by atoms with E-state index in [2.05, 4.69) is 27.7 Å². The summed E-state index contributed by atoms with van der Waals surface area (Å²) < 4.78 is 5.45. The van der Waals surface area contributed by atoms with Crippen LogP contribution in [0.1, 0.15) is 36.6 Å². The third-order valence-corrected chi connectivity index (χ3v) is 5.99. The van der Waals surface area contributed by atoms with Crippen molar-refractivity contribution in [3.05, 3.63) is 22.4 Å². The van der Waals surface area contributed by atoms with Gasteiger partial charge in [-0.3, -0.25) is 9.69 Å². The molecule has 1 aliphatic heterocycles. The van der Waals surface area contributed by atoms with Gasteiger partial charge < -0.3 is 15.8 Å². The normalized spacial score (nSPS) is 24.8. The van der Waals surface area contributed by atoms with Crippen LogP contribution in [-0.2, 0) is 9.53 Å². The van der Waals surface area contributed by atoms with Crippen molar-refractivity contribution in [1.29, 1.82) is 0 Å². The van der Waals surface area contributed by atoms with E-state index < -0.39 is 0 Å². The molecule has 0 radical (unpaired) electrons. The molecule has 1 aliphatic carbocycles. The molecule has 1 aromatic heterocycles. The first-order valence-corrected chi connectivity index (χ1v) is 9.49. The fourth-order valence-electron chi connectivity index (χ4n) is 3.62. The van der Waals surface area contributed by atoms with E-state index in [4.69, 9.17) is 10.5 Å². The number of morpholine rings is 1. The third kappa shape index (κ3) is 6.38. The number of rotatable bonds is 6. The van der Waals surface area contributed by atoms with E-state index in [9.17, 15) is 4.79 Å². The SMILES string of the molecule is Cl.Cl.N[C@@H]1CCC[C@H]1CC(=O)NCC(c1cccs1)N1CCOCC1. The maximum absolute atomic E-state index is 12.3. The van der Waals surface area contributed by atoms with Gasteiger partial charge in [-0.25, -0.2) is 0 Å². The highest BCUT2D eigenvalue weighted by Gasteiger charge is 2.27. The average Bonchev–Trinajstić information content (AvgIpc) is 3.22. The molecule has 3 N–H and O–H groups in total. The Balaban J connectivity index is 0.00000156. The minimum absolute atomic E-state index is 0. The molecule has 1 aromatic rings. The van der Waals surface area contributed by atoms with Crippen molar-refractivity contribution < 1.29 is 9.53 Å². The topological polar surface area (TPSA) is 67.6 Å². The van der Waals surface area contributed by atoms with Crippen molar-refractivity contribution in [2.45, 2.75) is 37.8 Å². The molecule has 5 nitrogen and oxygen atoms in total. The van der Waals surface area contributed by atoms with Gasteiger partial charge >= 0.3 is 0 Å². The van der Waals surface area contributed by atoms with Crippen LogP contribution in [0, 0.1) is 5.92 Å². The molecule has 3 atom stereocenters. The van der Waals surface area contributed by atoms with Crippen molar-refractivity contribution in [2.75, 3.05) is 32.8 Å². The lowest BCUT2D eigenvalue weighted by atomic mass is 10.00. The molecule has 8 heteroatoms. The Bertz CT molecular complexity index is 498. The summed E-state index contributed by atoms with van der Waals surface area (Å²) >= 11 is 1.76. The number of hydrogen-bond acceptors (Lipinski definition) is 5. The van der Waals surface area contributed by atoms with Crippen LogP contribution in [0.3, 0.4) is 0 Å². The van der Waals surface area contributed by atoms with Crippen LogP contribution < -0.4 is 11.1 Å². The van der Waals surface area contributed by atoms with E-state index >= 15 is 0 Å². The Kier molecular flexibility index (Phi) is 10.3. The van der Waals surface area contributed by atoms with E-state index in [0.717, 1.165) is 45.6 Å². The molecule has 1 saturated heterocycles. The largest absolute Gasteiger partial charge is 0.379 e. The van der Waals surface area contributed by atoms with Crippen LogP contribution in [-0.4, -0.2) is 49.7 Å². The van der Waals surface area contributed by atoms with Gasteiger partial charge in [0.05, 0.1) is 19.3 Å². The molecule has 1 saturated carbocycles. The highest BCUT2D eigenvalue weighted by molar-refractivity contribution is 7.10. The third-order valence-electron chi connectivity index (χ3n) is 5.02. The molecule has 2 fully saturated rings. The zero-order chi connectivity index (χ0) is 16.1. The first kappa shape index (κ1) is 22.7. The van der Waals surface area contributed by atoms with E-state index in [1.807, 2.05) is 0 Å². The van der Waals surface area contributed by atoms with Gasteiger partial charge in [0.1, 0.15) is 0 Å². The van der Waals surface area contributed by atoms with Gasteiger partial charge in [0.2, 0.25) is 5.91 Å². The zero-order valence-electron chi connectivity index (χ0n) is 14.4. The number of nitrogens with one attached hydrogen (secondary N) is 1. The van der Waals surface area contributed by atoms with E-state index in [1.54, 1.807) is 11.3 Å². The number of hydrogen-bond donors (Lipinski definition) is 2. The molecule has 2 aliphatic rings. The summed E-state index contributed by atoms with van der Waals surface area (Å²) in [5, 5.41) is 5.24. The second-order valence-corrected chi connectivity index (χ2v) is 7.52. The summed E-state index contributed by atoms with van der Waals surface area (Å²) in [6, 6.07) is 4.68. The number of amides is 1. The van der Waals surface area contributed by atoms with Gasteiger partial charge in [-0.2, -0.15) is 0 Å². The second-order valence-electron chi connectivity index (χ2n) is 6.54. The summed E-state index contributed by atoms with van der Waals surface area (Å²) in [5.74, 6) is 0.501. The minimum atomic E-state index is 0. The van der Waals surface area contributed by atoms with Gasteiger partial charge in [0, 0.05) is 37.0 Å². The summed E-state index contributed by atoms with van der Waals surface area (Å²) in [4.78, 5) is 16.0. The van der Waals surface area contributed by atoms with Crippen LogP contribution >= 0.6 is 36.2 Å². The van der Waals surface area contributed by atoms with Gasteiger partial charge in [0.15, 0.2) is 0 Å². The van der Waals surface area contributed by atoms with E-state index in [-0.39, 0.29) is 42.8 Å². The molecule has 25 heavy (non-hydrogen) atoms. The lowest BCUT2D eigenvalue weighted by Crippen LogP contribution is -2.44. The highest BCUT2D eigenvalue weighted by Crippen LogP contribution is 2.28. The fraction of sp³-hybridized carbons (Fsp3) is 0.706. The van der Waals surface area contributed by atoms with Gasteiger partial charge in [0.25, 0.3) is 0 Å². The molecule has 0 spiro atoms. The molecular formula is C17H29Cl2N3O2S. The molecule has 0 aromatic carbocycles. The minimum Gasteiger partial charge on any atom is -0.379 e. The molecule has 144 valence electrons. The number of halogens is 2. The summed E-state index contributed by atoms with van der Waals surface area (Å²) in [7, 11) is 0. The maximum Gasteiger partial charge on any atom is 0.220 e. The first-order valence-electron chi connectivity index (χ1n) is 8.61. The van der Waals surface area contributed by atoms with E-state index in [0.29, 0.717) is 18.9 Å². The summed E-state index contributed by atoms with van der Waals surface area (Å²) in [6.07, 6.45) is 3.88. The average molecular weight is 410 g/mol. The summed E-state index contributed by atoms with van der Waals surface area (Å²) in [5.41, 5.74) is 6.08. The highest BCUT2D eigenvalue weighted by atomic mass is 35.5. The van der Waals surface area contributed by atoms with Crippen molar-refractivity contribution in [2.24, 2.45) is 11.7 Å². The molecule has 2 heterocycles. The number of nitrogens with two attached hydrogens (primary N) is 1. The molecule has 1 unspecified atom stereocenters. The fourth-order valence-corrected chi connectivity index (χ4v) is 4.48. The monoisotopic (exact) mass is 409 g/mol. The molecule has 3 rings (SSSR count). The maximum atomic E-state index is 12.3. The van der Waals surface area contributed by atoms with Crippen LogP contribution in [0.25, 0.3) is 0 Å². The Hall–Kier alpha value is -0.370. The molecular weight excluding hydrogens is 381 g/mol. The smallest absolute Gasteiger partial charge is 0.220 e. The molecule has 0 bridgehead atoms. The predicted octanol–water partition coefficient (Wildman–Crippen LogP) is 2.60. The van der Waals surface area contributed by atoms with Gasteiger partial charge in [-0.05, 0) is 30.2 Å². The van der Waals surface area contributed by atoms with Crippen LogP contribution in [0.4, 0.5) is 0 Å². The predicted molar refractivity (Wildman–Crippen MR) is 107 cm³/mol. The molecule has 1 amide bonds. The van der Waals surface area contributed by atoms with Crippen molar-refractivity contribution in [3.63, 3.8) is 0 Å². The number of ether oxygens (including phenoxy) is 1. The van der Waals surface area contributed by atoms with Crippen molar-refractivity contribution in [1.82, 2.24) is 10.2 Å². The van der Waals surface area contributed by atoms with Gasteiger partial charge in [-0.15, -0.1) is 36.2 Å². The van der Waals surface area contributed by atoms with Crippen LogP contribution in [0.5, 0.6) is 0 Å². The Morgan fingerprint density at radius 1 is 1.36 bits per heavy atom. The Morgan fingerprint density at radius 2 is 2.12 bits per heavy atom. The number of carbonyl (C=O) groups is 1. The number of carbonyl (C=O) groups excluding carboxylic acids is 1. The second kappa shape index (κ2) is 11.4. The summed E-state index contributed by atoms with van der Waals surface area (Å²) in [6.45, 7) is 4.05. The van der Waals surface area contributed by atoms with E-state index in [1.165, 1.54) is 4.88 Å². The van der Waals surface area contributed by atoms with Crippen LogP contribution in [0.15, 0.2) is 17.5 Å². The Morgan fingerprint density at radius 3 is 2.72 bits per heavy atom.